The van der Waals surface area contributed by atoms with Crippen LogP contribution in [0.5, 0.6) is 0 Å². The van der Waals surface area contributed by atoms with Crippen molar-refractivity contribution in [2.75, 3.05) is 0 Å². The monoisotopic (exact) mass is 351 g/mol. The molecule has 3 rings (SSSR count). The average molecular weight is 351 g/mol. The van der Waals surface area contributed by atoms with Gasteiger partial charge in [-0.2, -0.15) is 0 Å². The van der Waals surface area contributed by atoms with E-state index in [-0.39, 0.29) is 22.6 Å². The van der Waals surface area contributed by atoms with Crippen molar-refractivity contribution >= 4 is 29.5 Å². The van der Waals surface area contributed by atoms with E-state index in [1.807, 2.05) is 0 Å². The summed E-state index contributed by atoms with van der Waals surface area (Å²) in [4.78, 5) is 37.4. The van der Waals surface area contributed by atoms with Gasteiger partial charge in [-0.3, -0.25) is 14.5 Å². The van der Waals surface area contributed by atoms with E-state index in [9.17, 15) is 23.2 Å². The molecule has 1 aromatic carbocycles. The largest absolute Gasteiger partial charge is 0.477 e. The third kappa shape index (κ3) is 2.62. The summed E-state index contributed by atoms with van der Waals surface area (Å²) in [7, 11) is 0. The van der Waals surface area contributed by atoms with Crippen molar-refractivity contribution in [3.8, 4) is 0 Å². The molecule has 0 bridgehead atoms. The molecular formula is C16H11F2NO4S. The zero-order chi connectivity index (χ0) is 17.6. The first kappa shape index (κ1) is 16.4. The van der Waals surface area contributed by atoms with Gasteiger partial charge in [-0.25, -0.2) is 13.6 Å². The predicted octanol–water partition coefficient (Wildman–Crippen LogP) is 2.44. The number of amides is 2. The number of thioether (sulfide) groups is 1. The molecule has 0 aromatic heterocycles. The molecular weight excluding hydrogens is 340 g/mol. The van der Waals surface area contributed by atoms with Gasteiger partial charge in [-0.15, -0.1) is 0 Å². The lowest BCUT2D eigenvalue weighted by Crippen LogP contribution is -2.44. The highest BCUT2D eigenvalue weighted by Gasteiger charge is 2.42. The van der Waals surface area contributed by atoms with Gasteiger partial charge >= 0.3 is 5.97 Å². The Morgan fingerprint density at radius 3 is 2.62 bits per heavy atom. The van der Waals surface area contributed by atoms with E-state index in [2.05, 4.69) is 0 Å². The molecule has 0 saturated carbocycles. The van der Waals surface area contributed by atoms with Crippen LogP contribution < -0.4 is 0 Å². The fourth-order valence-electron chi connectivity index (χ4n) is 2.60. The van der Waals surface area contributed by atoms with Crippen LogP contribution in [0.1, 0.15) is 12.5 Å². The first-order valence-electron chi connectivity index (χ1n) is 6.93. The first-order valence-corrected chi connectivity index (χ1v) is 7.74. The normalized spacial score (nSPS) is 20.4. The standard InChI is InChI=1S/C16H11F2NO4S/c1-7-13-9(5-12(24-13)16(22)23)15(21)19(14(7)20)6-8-2-3-10(17)11(18)4-8/h2-5,9H,6H2,1H3,(H,22,23). The van der Waals surface area contributed by atoms with E-state index in [1.165, 1.54) is 19.1 Å². The Bertz CT molecular complexity index is 846. The second-order valence-electron chi connectivity index (χ2n) is 5.38. The highest BCUT2D eigenvalue weighted by molar-refractivity contribution is 8.08. The topological polar surface area (TPSA) is 74.7 Å². The van der Waals surface area contributed by atoms with Crippen molar-refractivity contribution in [2.24, 2.45) is 5.92 Å². The Morgan fingerprint density at radius 1 is 1.29 bits per heavy atom. The van der Waals surface area contributed by atoms with Crippen molar-refractivity contribution in [2.45, 2.75) is 13.5 Å². The minimum absolute atomic E-state index is 0.00910. The van der Waals surface area contributed by atoms with Crippen LogP contribution in [0.2, 0.25) is 0 Å². The van der Waals surface area contributed by atoms with E-state index in [1.54, 1.807) is 0 Å². The minimum atomic E-state index is -1.16. The lowest BCUT2D eigenvalue weighted by Gasteiger charge is -2.29. The van der Waals surface area contributed by atoms with E-state index in [4.69, 9.17) is 5.11 Å². The van der Waals surface area contributed by atoms with Crippen LogP contribution in [0.15, 0.2) is 39.7 Å². The van der Waals surface area contributed by atoms with Crippen molar-refractivity contribution in [1.29, 1.82) is 0 Å². The number of rotatable bonds is 3. The zero-order valence-electron chi connectivity index (χ0n) is 12.4. The molecule has 8 heteroatoms. The molecule has 1 aromatic rings. The van der Waals surface area contributed by atoms with Crippen LogP contribution in [0.3, 0.4) is 0 Å². The second kappa shape index (κ2) is 5.86. The van der Waals surface area contributed by atoms with E-state index in [0.717, 1.165) is 28.8 Å². The molecule has 2 aliphatic heterocycles. The summed E-state index contributed by atoms with van der Waals surface area (Å²) in [6.45, 7) is 1.30. The Hall–Kier alpha value is -2.48. The molecule has 2 amide bonds. The third-order valence-electron chi connectivity index (χ3n) is 3.82. The van der Waals surface area contributed by atoms with Crippen molar-refractivity contribution in [1.82, 2.24) is 4.90 Å². The fourth-order valence-corrected chi connectivity index (χ4v) is 3.66. The zero-order valence-corrected chi connectivity index (χ0v) is 13.2. The molecule has 24 heavy (non-hydrogen) atoms. The number of carboxylic acid groups (broad SMARTS) is 1. The summed E-state index contributed by atoms with van der Waals surface area (Å²) in [5.74, 6) is -5.22. The van der Waals surface area contributed by atoms with Crippen molar-refractivity contribution < 1.29 is 28.3 Å². The van der Waals surface area contributed by atoms with Crippen molar-refractivity contribution in [3.63, 3.8) is 0 Å². The number of carbonyl (C=O) groups is 3. The minimum Gasteiger partial charge on any atom is -0.477 e. The molecule has 2 aliphatic rings. The van der Waals surface area contributed by atoms with Gasteiger partial charge in [0.2, 0.25) is 5.91 Å². The SMILES string of the molecule is CC1=C2SC(C(=O)O)=CC2C(=O)N(Cc2ccc(F)c(F)c2)C1=O. The van der Waals surface area contributed by atoms with E-state index in [0.29, 0.717) is 4.91 Å². The number of halogens is 2. The Morgan fingerprint density at radius 2 is 2.00 bits per heavy atom. The van der Waals surface area contributed by atoms with Gasteiger partial charge in [0.15, 0.2) is 11.6 Å². The summed E-state index contributed by atoms with van der Waals surface area (Å²) in [6, 6.07) is 3.13. The van der Waals surface area contributed by atoms with Gasteiger partial charge in [-0.05, 0) is 30.7 Å². The first-order chi connectivity index (χ1) is 11.3. The van der Waals surface area contributed by atoms with Crippen LogP contribution >= 0.6 is 11.8 Å². The maximum atomic E-state index is 13.3. The highest BCUT2D eigenvalue weighted by Crippen LogP contribution is 2.45. The molecule has 1 N–H and O–H groups in total. The fraction of sp³-hybridized carbons (Fsp3) is 0.188. The van der Waals surface area contributed by atoms with Crippen LogP contribution in [-0.4, -0.2) is 27.8 Å². The number of carbonyl (C=O) groups excluding carboxylic acids is 2. The van der Waals surface area contributed by atoms with Crippen LogP contribution in [0.25, 0.3) is 0 Å². The summed E-state index contributed by atoms with van der Waals surface area (Å²) in [6.07, 6.45) is 1.30. The molecule has 0 saturated heterocycles. The maximum Gasteiger partial charge on any atom is 0.342 e. The maximum absolute atomic E-state index is 13.3. The molecule has 0 spiro atoms. The highest BCUT2D eigenvalue weighted by atomic mass is 32.2. The number of aliphatic carboxylic acids is 1. The molecule has 0 fully saturated rings. The molecule has 124 valence electrons. The lowest BCUT2D eigenvalue weighted by atomic mass is 9.97. The molecule has 2 heterocycles. The quantitative estimate of drug-likeness (QED) is 0.847. The molecule has 5 nitrogen and oxygen atoms in total. The number of benzene rings is 1. The summed E-state index contributed by atoms with van der Waals surface area (Å²) >= 11 is 0.894. The molecule has 0 radical (unpaired) electrons. The predicted molar refractivity (Wildman–Crippen MR) is 81.4 cm³/mol. The summed E-state index contributed by atoms with van der Waals surface area (Å²) in [5.41, 5.74) is 0.541. The van der Waals surface area contributed by atoms with Gasteiger partial charge in [0, 0.05) is 10.5 Å². The number of nitrogens with zero attached hydrogens (tertiary/aromatic N) is 1. The smallest absolute Gasteiger partial charge is 0.342 e. The van der Waals surface area contributed by atoms with E-state index < -0.39 is 35.3 Å². The third-order valence-corrected chi connectivity index (χ3v) is 5.13. The van der Waals surface area contributed by atoms with Gasteiger partial charge < -0.3 is 5.11 Å². The van der Waals surface area contributed by atoms with Gasteiger partial charge in [-0.1, -0.05) is 17.8 Å². The Balaban J connectivity index is 1.93. The summed E-state index contributed by atoms with van der Waals surface area (Å²) < 4.78 is 26.3. The molecule has 0 aliphatic carbocycles. The van der Waals surface area contributed by atoms with Crippen LogP contribution in [0, 0.1) is 17.6 Å². The Kier molecular flexibility index (Phi) is 4.00. The number of hydrogen-bond acceptors (Lipinski definition) is 4. The van der Waals surface area contributed by atoms with Crippen LogP contribution in [-0.2, 0) is 20.9 Å². The van der Waals surface area contributed by atoms with Crippen molar-refractivity contribution in [3.05, 3.63) is 56.9 Å². The number of carboxylic acids is 1. The van der Waals surface area contributed by atoms with Gasteiger partial charge in [0.25, 0.3) is 5.91 Å². The number of hydrogen-bond donors (Lipinski definition) is 1. The van der Waals surface area contributed by atoms with E-state index >= 15 is 0 Å². The lowest BCUT2D eigenvalue weighted by molar-refractivity contribution is -0.145. The van der Waals surface area contributed by atoms with Gasteiger partial charge in [0.05, 0.1) is 17.4 Å². The molecule has 1 atom stereocenters. The second-order valence-corrected chi connectivity index (χ2v) is 6.47. The Labute approximate surface area is 139 Å². The van der Waals surface area contributed by atoms with Gasteiger partial charge in [0.1, 0.15) is 0 Å². The molecule has 1 unspecified atom stereocenters. The average Bonchev–Trinajstić information content (AvgIpc) is 2.99. The number of imide groups is 1. The van der Waals surface area contributed by atoms with Crippen LogP contribution in [0.4, 0.5) is 8.78 Å². The number of fused-ring (bicyclic) bond motifs is 1. The summed E-state index contributed by atoms with van der Waals surface area (Å²) in [5, 5.41) is 9.06.